The number of rotatable bonds is 12. The Morgan fingerprint density at radius 2 is 1.45 bits per heavy atom. The average Bonchev–Trinajstić information content (AvgIpc) is 3.71. The summed E-state index contributed by atoms with van der Waals surface area (Å²) in [6.07, 6.45) is 20.3. The van der Waals surface area contributed by atoms with E-state index in [4.69, 9.17) is 0 Å². The third kappa shape index (κ3) is 7.06. The molecular weight excluding hydrogens is 691 g/mol. The van der Waals surface area contributed by atoms with Gasteiger partial charge in [-0.3, -0.25) is 0 Å². The number of hydrogen-bond donors (Lipinski definition) is 0. The van der Waals surface area contributed by atoms with Crippen molar-refractivity contribution in [1.29, 1.82) is 0 Å². The first-order valence-electron chi connectivity index (χ1n) is 17.6. The average molecular weight is 740 g/mol. The van der Waals surface area contributed by atoms with Gasteiger partial charge >= 0.3 is 285 Å². The zero-order valence-electron chi connectivity index (χ0n) is 28.9. The zero-order chi connectivity index (χ0) is 31.4. The zero-order valence-corrected chi connectivity index (χ0v) is 32.8. The Morgan fingerprint density at radius 3 is 1.98 bits per heavy atom. The number of benzene rings is 3. The molecule has 0 aromatic heterocycles. The summed E-state index contributed by atoms with van der Waals surface area (Å²) >= 11 is -1.31. The SMILES string of the molecule is CCCC1=CC2=c3c(CCC)cc(CC)cc3=[C]([Zr+2]=[C](c3ccccc3)c3ccccc3)C2=C(C2=CC=CC2)C1(CC)CCC.[Cl-].[Cl-]. The Morgan fingerprint density at radius 1 is 0.787 bits per heavy atom. The predicted octanol–water partition coefficient (Wildman–Crippen LogP) is 3.95. The van der Waals surface area contributed by atoms with E-state index in [1.807, 2.05) is 0 Å². The van der Waals surface area contributed by atoms with Gasteiger partial charge in [0.2, 0.25) is 0 Å². The topological polar surface area (TPSA) is 0 Å². The molecule has 1 unspecified atom stereocenters. The molecule has 0 saturated heterocycles. The van der Waals surface area contributed by atoms with Crippen LogP contribution < -0.4 is 35.3 Å². The second-order valence-electron chi connectivity index (χ2n) is 13.0. The molecule has 243 valence electrons. The van der Waals surface area contributed by atoms with Crippen LogP contribution in [-0.4, -0.2) is 3.21 Å². The predicted molar refractivity (Wildman–Crippen MR) is 191 cm³/mol. The van der Waals surface area contributed by atoms with Gasteiger partial charge in [-0.1, -0.05) is 0 Å². The minimum Gasteiger partial charge on any atom is -1.00 e. The Labute approximate surface area is 307 Å². The van der Waals surface area contributed by atoms with Crippen molar-refractivity contribution in [3.63, 3.8) is 0 Å². The molecule has 0 N–H and O–H groups in total. The fraction of sp³-hybridized carbons (Fsp3) is 0.341. The fourth-order valence-electron chi connectivity index (χ4n) is 8.21. The van der Waals surface area contributed by atoms with E-state index in [-0.39, 0.29) is 30.2 Å². The van der Waals surface area contributed by atoms with Crippen molar-refractivity contribution in [2.45, 2.75) is 92.4 Å². The Hall–Kier alpha value is -2.31. The molecule has 0 spiro atoms. The normalized spacial score (nSPS) is 17.7. The number of fused-ring (bicyclic) bond motifs is 2. The van der Waals surface area contributed by atoms with Gasteiger partial charge in [0.1, 0.15) is 0 Å². The largest absolute Gasteiger partial charge is 1.00 e. The molecule has 0 amide bonds. The molecule has 3 aliphatic rings. The Balaban J connectivity index is 0.00000250. The Kier molecular flexibility index (Phi) is 13.5. The van der Waals surface area contributed by atoms with Crippen LogP contribution in [0.3, 0.4) is 0 Å². The quantitative estimate of drug-likeness (QED) is 0.264. The molecule has 1 atom stereocenters. The maximum atomic E-state index is 2.73. The van der Waals surface area contributed by atoms with Crippen molar-refractivity contribution in [3.05, 3.63) is 152 Å². The molecule has 3 aromatic carbocycles. The first-order valence-corrected chi connectivity index (χ1v) is 20.0. The van der Waals surface area contributed by atoms with Gasteiger partial charge < -0.3 is 24.8 Å². The van der Waals surface area contributed by atoms with E-state index in [0.717, 1.165) is 19.3 Å². The van der Waals surface area contributed by atoms with E-state index in [2.05, 4.69) is 132 Å². The van der Waals surface area contributed by atoms with Crippen LogP contribution in [0.5, 0.6) is 0 Å². The maximum Gasteiger partial charge on any atom is -1.00 e. The van der Waals surface area contributed by atoms with E-state index in [0.29, 0.717) is 0 Å². The van der Waals surface area contributed by atoms with Gasteiger partial charge in [-0.15, -0.1) is 0 Å². The van der Waals surface area contributed by atoms with Gasteiger partial charge in [-0.2, -0.15) is 0 Å². The fourth-order valence-corrected chi connectivity index (χ4v) is 12.1. The van der Waals surface area contributed by atoms with Crippen LogP contribution in [0.2, 0.25) is 0 Å². The van der Waals surface area contributed by atoms with Crippen molar-refractivity contribution in [2.75, 3.05) is 0 Å². The first kappa shape index (κ1) is 37.5. The second-order valence-corrected chi connectivity index (χ2v) is 16.1. The van der Waals surface area contributed by atoms with E-state index >= 15 is 0 Å². The molecule has 0 heterocycles. The van der Waals surface area contributed by atoms with Crippen LogP contribution in [0.4, 0.5) is 0 Å². The van der Waals surface area contributed by atoms with Crippen molar-refractivity contribution in [2.24, 2.45) is 5.41 Å². The van der Waals surface area contributed by atoms with Gasteiger partial charge in [0, 0.05) is 0 Å². The summed E-state index contributed by atoms with van der Waals surface area (Å²) in [5.41, 5.74) is 14.1. The molecule has 0 radical (unpaired) electrons. The van der Waals surface area contributed by atoms with E-state index in [9.17, 15) is 0 Å². The summed E-state index contributed by atoms with van der Waals surface area (Å²) in [5.74, 6) is 0. The molecular formula is C44H49Cl2Zr. The van der Waals surface area contributed by atoms with Crippen molar-refractivity contribution >= 4 is 12.1 Å². The molecule has 0 aliphatic heterocycles. The molecule has 0 fully saturated rings. The molecule has 6 rings (SSSR count). The number of aryl methyl sites for hydroxylation is 2. The van der Waals surface area contributed by atoms with Gasteiger partial charge in [-0.25, -0.2) is 0 Å². The standard InChI is InChI=1S/C31H39.C13H10.2ClH.Zr/c1-6-13-24-18-22(9-4)19-25-20-28-27(29(24)25)21-26(14-7-2)31(10-5,17-8-3)30(28)23-15-11-12-16-23;1-3-7-12(8-4-1)11-13-9-5-2-6-10-13;;;/h11-12,15,18-19,21H,6-10,13-14,16-17H2,1-5H3;1-10H;2*1H;/q;;;;+2/p-2. The summed E-state index contributed by atoms with van der Waals surface area (Å²) < 4.78 is 3.30. The van der Waals surface area contributed by atoms with Crippen LogP contribution in [0, 0.1) is 5.41 Å². The molecule has 0 saturated carbocycles. The molecule has 3 aliphatic carbocycles. The summed E-state index contributed by atoms with van der Waals surface area (Å²) in [4.78, 5) is 0. The number of halogens is 2. The van der Waals surface area contributed by atoms with Gasteiger partial charge in [-0.05, 0) is 0 Å². The smallest absolute Gasteiger partial charge is 1.00 e. The number of allylic oxidation sites excluding steroid dienone is 8. The molecule has 3 aromatic rings. The van der Waals surface area contributed by atoms with Crippen LogP contribution in [0.15, 0.2) is 119 Å². The summed E-state index contributed by atoms with van der Waals surface area (Å²) in [6, 6.07) is 27.8. The Bertz CT molecular complexity index is 1810. The van der Waals surface area contributed by atoms with Crippen molar-refractivity contribution < 1.29 is 47.6 Å². The first-order chi connectivity index (χ1) is 22.1. The molecule has 0 bridgehead atoms. The third-order valence-electron chi connectivity index (χ3n) is 10.2. The van der Waals surface area contributed by atoms with E-state index in [1.165, 1.54) is 55.2 Å². The third-order valence-corrected chi connectivity index (χ3v) is 14.1. The molecule has 3 heteroatoms. The number of hydrogen-bond acceptors (Lipinski definition) is 0. The van der Waals surface area contributed by atoms with E-state index in [1.54, 1.807) is 50.4 Å². The maximum absolute atomic E-state index is 2.73. The summed E-state index contributed by atoms with van der Waals surface area (Å²) in [7, 11) is 0. The summed E-state index contributed by atoms with van der Waals surface area (Å²) in [6.45, 7) is 11.9. The summed E-state index contributed by atoms with van der Waals surface area (Å²) in [5, 5.41) is 3.14. The van der Waals surface area contributed by atoms with Crippen LogP contribution in [0.25, 0.3) is 8.85 Å². The van der Waals surface area contributed by atoms with Gasteiger partial charge in [0.25, 0.3) is 0 Å². The van der Waals surface area contributed by atoms with Crippen LogP contribution in [-0.2, 0) is 35.6 Å². The van der Waals surface area contributed by atoms with Gasteiger partial charge in [0.15, 0.2) is 0 Å². The van der Waals surface area contributed by atoms with Crippen molar-refractivity contribution in [1.82, 2.24) is 0 Å². The molecule has 47 heavy (non-hydrogen) atoms. The molecule has 0 nitrogen and oxygen atoms in total. The minimum absolute atomic E-state index is 0. The second kappa shape index (κ2) is 16.9. The van der Waals surface area contributed by atoms with E-state index < -0.39 is 22.8 Å². The van der Waals surface area contributed by atoms with Crippen molar-refractivity contribution in [3.8, 4) is 0 Å². The van der Waals surface area contributed by atoms with Crippen LogP contribution in [0.1, 0.15) is 102 Å². The van der Waals surface area contributed by atoms with Gasteiger partial charge in [0.05, 0.1) is 0 Å². The van der Waals surface area contributed by atoms with Crippen LogP contribution >= 0.6 is 0 Å². The minimum atomic E-state index is -1.31. The monoisotopic (exact) mass is 737 g/mol.